The Morgan fingerprint density at radius 1 is 1.15 bits per heavy atom. The molecule has 4 fully saturated rings. The summed E-state index contributed by atoms with van der Waals surface area (Å²) in [5, 5.41) is 9.00. The number of nitrogens with zero attached hydrogens (tertiary/aromatic N) is 2. The Kier molecular flexibility index (Phi) is 2.74. The predicted octanol–water partition coefficient (Wildman–Crippen LogP) is 3.94. The molecule has 0 N–H and O–H groups in total. The summed E-state index contributed by atoms with van der Waals surface area (Å²) in [6.45, 7) is 2.17. The van der Waals surface area contributed by atoms with Gasteiger partial charge >= 0.3 is 0 Å². The summed E-state index contributed by atoms with van der Waals surface area (Å²) in [6, 6.07) is 4.67. The van der Waals surface area contributed by atoms with Gasteiger partial charge in [0.25, 0.3) is 0 Å². The van der Waals surface area contributed by atoms with Crippen LogP contribution < -0.4 is 0 Å². The molecule has 5 rings (SSSR count). The third kappa shape index (κ3) is 1.68. The molecule has 1 aromatic rings. The van der Waals surface area contributed by atoms with Gasteiger partial charge in [0.05, 0.1) is 12.5 Å². The summed E-state index contributed by atoms with van der Waals surface area (Å²) < 4.78 is 2.39. The Bertz CT molecular complexity index is 547. The van der Waals surface area contributed by atoms with Crippen LogP contribution in [-0.2, 0) is 13.5 Å². The van der Waals surface area contributed by atoms with Crippen molar-refractivity contribution in [2.24, 2.45) is 30.7 Å². The van der Waals surface area contributed by atoms with Gasteiger partial charge in [-0.2, -0.15) is 5.26 Å². The van der Waals surface area contributed by atoms with Crippen LogP contribution in [-0.4, -0.2) is 4.57 Å². The second-order valence-electron chi connectivity index (χ2n) is 7.53. The van der Waals surface area contributed by atoms with Gasteiger partial charge in [0.1, 0.15) is 0 Å². The highest BCUT2D eigenvalue weighted by Gasteiger charge is 2.49. The molecule has 0 radical (unpaired) electrons. The fraction of sp³-hybridized carbons (Fsp3) is 0.722. The van der Waals surface area contributed by atoms with Crippen molar-refractivity contribution in [2.75, 3.05) is 0 Å². The average molecular weight is 268 g/mol. The first-order valence-corrected chi connectivity index (χ1v) is 8.19. The normalized spacial score (nSPS) is 38.1. The van der Waals surface area contributed by atoms with E-state index in [0.717, 1.165) is 29.6 Å². The van der Waals surface area contributed by atoms with Crippen LogP contribution in [0.3, 0.4) is 0 Å². The average Bonchev–Trinajstić information content (AvgIpc) is 2.67. The minimum Gasteiger partial charge on any atom is -0.351 e. The van der Waals surface area contributed by atoms with Gasteiger partial charge in [-0.25, -0.2) is 0 Å². The Labute approximate surface area is 121 Å². The first kappa shape index (κ1) is 12.5. The minimum atomic E-state index is 0.562. The highest BCUT2D eigenvalue weighted by molar-refractivity contribution is 5.33. The molecule has 4 saturated carbocycles. The van der Waals surface area contributed by atoms with E-state index in [1.54, 1.807) is 0 Å². The highest BCUT2D eigenvalue weighted by Crippen LogP contribution is 2.59. The van der Waals surface area contributed by atoms with Crippen LogP contribution in [0.1, 0.15) is 55.0 Å². The van der Waals surface area contributed by atoms with E-state index in [-0.39, 0.29) is 0 Å². The maximum absolute atomic E-state index is 9.00. The number of nitriles is 1. The molecule has 0 saturated heterocycles. The SMILES string of the molecule is Cc1c(CC#N)cc(C2C3CC4CC(C3)CC2C4)n1C. The number of hydrogen-bond acceptors (Lipinski definition) is 1. The lowest BCUT2D eigenvalue weighted by atomic mass is 9.51. The first-order valence-electron chi connectivity index (χ1n) is 8.19. The van der Waals surface area contributed by atoms with E-state index in [1.807, 2.05) is 0 Å². The van der Waals surface area contributed by atoms with Crippen molar-refractivity contribution in [3.05, 3.63) is 23.0 Å². The van der Waals surface area contributed by atoms with Crippen molar-refractivity contribution in [3.63, 3.8) is 0 Å². The molecular weight excluding hydrogens is 244 g/mol. The first-order chi connectivity index (χ1) is 9.67. The van der Waals surface area contributed by atoms with Gasteiger partial charge in [-0.15, -0.1) is 0 Å². The smallest absolute Gasteiger partial charge is 0.0670 e. The Morgan fingerprint density at radius 2 is 1.75 bits per heavy atom. The third-order valence-electron chi connectivity index (χ3n) is 6.52. The molecule has 0 aliphatic heterocycles. The number of hydrogen-bond donors (Lipinski definition) is 0. The molecule has 2 nitrogen and oxygen atoms in total. The van der Waals surface area contributed by atoms with Crippen molar-refractivity contribution in [1.29, 1.82) is 5.26 Å². The molecule has 4 bridgehead atoms. The molecule has 4 aliphatic rings. The van der Waals surface area contributed by atoms with E-state index < -0.39 is 0 Å². The van der Waals surface area contributed by atoms with Crippen LogP contribution in [0.25, 0.3) is 0 Å². The molecule has 1 heterocycles. The van der Waals surface area contributed by atoms with Crippen molar-refractivity contribution in [3.8, 4) is 6.07 Å². The van der Waals surface area contributed by atoms with E-state index >= 15 is 0 Å². The molecule has 0 atom stereocenters. The molecule has 20 heavy (non-hydrogen) atoms. The molecule has 2 heteroatoms. The van der Waals surface area contributed by atoms with Crippen molar-refractivity contribution < 1.29 is 0 Å². The van der Waals surface area contributed by atoms with E-state index in [9.17, 15) is 0 Å². The fourth-order valence-corrected chi connectivity index (χ4v) is 5.78. The van der Waals surface area contributed by atoms with Crippen LogP contribution >= 0.6 is 0 Å². The molecule has 4 aliphatic carbocycles. The van der Waals surface area contributed by atoms with E-state index in [4.69, 9.17) is 5.26 Å². The quantitative estimate of drug-likeness (QED) is 0.798. The second kappa shape index (κ2) is 4.38. The highest BCUT2D eigenvalue weighted by atomic mass is 15.0. The summed E-state index contributed by atoms with van der Waals surface area (Å²) in [7, 11) is 2.20. The zero-order valence-corrected chi connectivity index (χ0v) is 12.6. The van der Waals surface area contributed by atoms with Crippen molar-refractivity contribution in [2.45, 2.75) is 51.4 Å². The van der Waals surface area contributed by atoms with Crippen LogP contribution in [0.2, 0.25) is 0 Å². The maximum Gasteiger partial charge on any atom is 0.0670 e. The van der Waals surface area contributed by atoms with E-state index in [0.29, 0.717) is 6.42 Å². The van der Waals surface area contributed by atoms with Crippen LogP contribution in [0, 0.1) is 41.9 Å². The molecule has 0 amide bonds. The third-order valence-corrected chi connectivity index (χ3v) is 6.52. The van der Waals surface area contributed by atoms with Crippen LogP contribution in [0.15, 0.2) is 6.07 Å². The summed E-state index contributed by atoms with van der Waals surface area (Å²) in [6.07, 6.45) is 7.95. The van der Waals surface area contributed by atoms with Gasteiger partial charge in [-0.05, 0) is 74.3 Å². The van der Waals surface area contributed by atoms with Crippen LogP contribution in [0.5, 0.6) is 0 Å². The lowest BCUT2D eigenvalue weighted by Gasteiger charge is -2.54. The summed E-state index contributed by atoms with van der Waals surface area (Å²) in [5.41, 5.74) is 4.08. The predicted molar refractivity (Wildman–Crippen MR) is 79.3 cm³/mol. The van der Waals surface area contributed by atoms with Gasteiger partial charge in [0, 0.05) is 24.4 Å². The zero-order valence-electron chi connectivity index (χ0n) is 12.6. The molecule has 0 spiro atoms. The van der Waals surface area contributed by atoms with Gasteiger partial charge in [0.15, 0.2) is 0 Å². The topological polar surface area (TPSA) is 28.7 Å². The van der Waals surface area contributed by atoms with Gasteiger partial charge in [-0.3, -0.25) is 0 Å². The molecule has 1 aromatic heterocycles. The van der Waals surface area contributed by atoms with E-state index in [1.165, 1.54) is 49.1 Å². The molecule has 0 unspecified atom stereocenters. The Morgan fingerprint density at radius 3 is 2.30 bits per heavy atom. The monoisotopic (exact) mass is 268 g/mol. The lowest BCUT2D eigenvalue weighted by Crippen LogP contribution is -2.44. The van der Waals surface area contributed by atoms with E-state index in [2.05, 4.69) is 30.7 Å². The minimum absolute atomic E-state index is 0.562. The van der Waals surface area contributed by atoms with Gasteiger partial charge in [0.2, 0.25) is 0 Å². The summed E-state index contributed by atoms with van der Waals surface area (Å²) in [4.78, 5) is 0. The second-order valence-corrected chi connectivity index (χ2v) is 7.53. The summed E-state index contributed by atoms with van der Waals surface area (Å²) >= 11 is 0. The standard InChI is InChI=1S/C18H24N2/c1-11-14(3-4-19)10-17(20(11)2)18-15-6-12-5-13(8-15)9-16(18)7-12/h10,12-13,15-16,18H,3,5-9H2,1-2H3. The van der Waals surface area contributed by atoms with Gasteiger partial charge in [-0.1, -0.05) is 0 Å². The van der Waals surface area contributed by atoms with Crippen LogP contribution in [0.4, 0.5) is 0 Å². The number of aromatic nitrogens is 1. The Hall–Kier alpha value is -1.23. The molecule has 0 aromatic carbocycles. The largest absolute Gasteiger partial charge is 0.351 e. The summed E-state index contributed by atoms with van der Waals surface area (Å²) in [5.74, 6) is 4.70. The number of rotatable bonds is 2. The molecule has 106 valence electrons. The van der Waals surface area contributed by atoms with Crippen molar-refractivity contribution in [1.82, 2.24) is 4.57 Å². The van der Waals surface area contributed by atoms with Gasteiger partial charge < -0.3 is 4.57 Å². The van der Waals surface area contributed by atoms with Crippen molar-refractivity contribution >= 4 is 0 Å². The fourth-order valence-electron chi connectivity index (χ4n) is 5.78. The Balaban J connectivity index is 1.71. The zero-order chi connectivity index (χ0) is 13.9. The molecular formula is C18H24N2. The lowest BCUT2D eigenvalue weighted by molar-refractivity contribution is -0.00505. The maximum atomic E-state index is 9.00.